The van der Waals surface area contributed by atoms with Crippen molar-refractivity contribution in [2.75, 3.05) is 0 Å². The second-order valence-electron chi connectivity index (χ2n) is 5.95. The van der Waals surface area contributed by atoms with Crippen molar-refractivity contribution >= 4 is 53.7 Å². The van der Waals surface area contributed by atoms with E-state index >= 15 is 0 Å². The Morgan fingerprint density at radius 1 is 0.696 bits per heavy atom. The molecule has 0 unspecified atom stereocenters. The number of rotatable bonds is 1. The van der Waals surface area contributed by atoms with E-state index in [0.717, 1.165) is 8.95 Å². The molecule has 23 heavy (non-hydrogen) atoms. The molecule has 3 aromatic carbocycles. The third-order valence-electron chi connectivity index (χ3n) is 4.28. The largest absolute Gasteiger partial charge is 0.309 e. The van der Waals surface area contributed by atoms with Crippen molar-refractivity contribution in [2.24, 2.45) is 0 Å². The number of hydrogen-bond donors (Lipinski definition) is 0. The Balaban J connectivity index is 2.20. The zero-order chi connectivity index (χ0) is 16.1. The molecule has 4 rings (SSSR count). The minimum absolute atomic E-state index is 1.10. The third-order valence-corrected chi connectivity index (χ3v) is 5.27. The van der Waals surface area contributed by atoms with Crippen molar-refractivity contribution in [3.63, 3.8) is 0 Å². The Hall–Kier alpha value is -1.58. The number of hydrogen-bond acceptors (Lipinski definition) is 0. The van der Waals surface area contributed by atoms with Gasteiger partial charge in [0.1, 0.15) is 0 Å². The van der Waals surface area contributed by atoms with E-state index in [1.807, 2.05) is 0 Å². The molecular formula is C20H15Br2N. The van der Waals surface area contributed by atoms with E-state index in [0.29, 0.717) is 0 Å². The van der Waals surface area contributed by atoms with Crippen LogP contribution in [0.15, 0.2) is 63.5 Å². The quantitative estimate of drug-likeness (QED) is 0.310. The molecule has 0 radical (unpaired) electrons. The van der Waals surface area contributed by atoms with Crippen molar-refractivity contribution < 1.29 is 0 Å². The number of fused-ring (bicyclic) bond motifs is 3. The molecule has 0 amide bonds. The van der Waals surface area contributed by atoms with Crippen LogP contribution in [-0.4, -0.2) is 4.57 Å². The van der Waals surface area contributed by atoms with Gasteiger partial charge in [0, 0.05) is 25.4 Å². The van der Waals surface area contributed by atoms with Crippen LogP contribution in [-0.2, 0) is 0 Å². The van der Waals surface area contributed by atoms with E-state index in [4.69, 9.17) is 0 Å². The van der Waals surface area contributed by atoms with Gasteiger partial charge in [0.25, 0.3) is 0 Å². The summed E-state index contributed by atoms with van der Waals surface area (Å²) in [7, 11) is 0. The van der Waals surface area contributed by atoms with E-state index in [2.05, 4.69) is 105 Å². The monoisotopic (exact) mass is 427 g/mol. The van der Waals surface area contributed by atoms with Gasteiger partial charge < -0.3 is 4.57 Å². The van der Waals surface area contributed by atoms with E-state index in [1.165, 1.54) is 38.6 Å². The summed E-state index contributed by atoms with van der Waals surface area (Å²) in [6, 6.07) is 19.6. The van der Waals surface area contributed by atoms with Gasteiger partial charge in [-0.25, -0.2) is 0 Å². The molecule has 0 fully saturated rings. The van der Waals surface area contributed by atoms with Crippen LogP contribution in [0.3, 0.4) is 0 Å². The molecule has 0 atom stereocenters. The van der Waals surface area contributed by atoms with Crippen LogP contribution in [0.5, 0.6) is 0 Å². The molecule has 0 aliphatic rings. The maximum atomic E-state index is 3.61. The minimum Gasteiger partial charge on any atom is -0.309 e. The Labute approximate surface area is 152 Å². The average molecular weight is 429 g/mol. The van der Waals surface area contributed by atoms with Gasteiger partial charge in [-0.15, -0.1) is 0 Å². The van der Waals surface area contributed by atoms with Gasteiger partial charge in [0.15, 0.2) is 0 Å². The summed E-state index contributed by atoms with van der Waals surface area (Å²) in [6.07, 6.45) is 0. The molecule has 3 heteroatoms. The lowest BCUT2D eigenvalue weighted by Crippen LogP contribution is -1.97. The Kier molecular flexibility index (Phi) is 3.58. The number of aromatic nitrogens is 1. The summed E-state index contributed by atoms with van der Waals surface area (Å²) < 4.78 is 4.56. The SMILES string of the molecule is Cc1ccc(-n2c3ccc(Br)cc3c3cc(Br)ccc32)c(C)c1. The van der Waals surface area contributed by atoms with Gasteiger partial charge in [-0.1, -0.05) is 49.6 Å². The molecule has 0 N–H and O–H groups in total. The first-order valence-electron chi connectivity index (χ1n) is 7.51. The lowest BCUT2D eigenvalue weighted by molar-refractivity contribution is 1.14. The van der Waals surface area contributed by atoms with Crippen molar-refractivity contribution in [3.8, 4) is 5.69 Å². The molecule has 1 nitrogen and oxygen atoms in total. The molecule has 4 aromatic rings. The van der Waals surface area contributed by atoms with Crippen LogP contribution < -0.4 is 0 Å². The van der Waals surface area contributed by atoms with Gasteiger partial charge in [0.2, 0.25) is 0 Å². The van der Waals surface area contributed by atoms with Gasteiger partial charge in [0.05, 0.1) is 11.0 Å². The topological polar surface area (TPSA) is 4.93 Å². The average Bonchev–Trinajstić information content (AvgIpc) is 2.81. The second-order valence-corrected chi connectivity index (χ2v) is 7.78. The van der Waals surface area contributed by atoms with Crippen LogP contribution in [0.1, 0.15) is 11.1 Å². The molecule has 1 aromatic heterocycles. The van der Waals surface area contributed by atoms with Gasteiger partial charge in [-0.05, 0) is 61.9 Å². The molecule has 0 bridgehead atoms. The summed E-state index contributed by atoms with van der Waals surface area (Å²) in [4.78, 5) is 0. The summed E-state index contributed by atoms with van der Waals surface area (Å²) in [5, 5.41) is 2.52. The standard InChI is InChI=1S/C20H15Br2N/c1-12-3-6-18(13(2)9-12)23-19-7-4-14(21)10-16(19)17-11-15(22)5-8-20(17)23/h3-11H,1-2H3. The maximum absolute atomic E-state index is 3.61. The molecular weight excluding hydrogens is 414 g/mol. The molecule has 0 spiro atoms. The normalized spacial score (nSPS) is 11.5. The lowest BCUT2D eigenvalue weighted by atomic mass is 10.1. The molecule has 0 aliphatic heterocycles. The van der Waals surface area contributed by atoms with Crippen molar-refractivity contribution in [1.29, 1.82) is 0 Å². The first-order valence-corrected chi connectivity index (χ1v) is 9.10. The highest BCUT2D eigenvalue weighted by Gasteiger charge is 2.14. The number of benzene rings is 3. The fourth-order valence-electron chi connectivity index (χ4n) is 3.28. The molecule has 0 saturated carbocycles. The molecule has 1 heterocycles. The fraction of sp³-hybridized carbons (Fsp3) is 0.100. The number of halogens is 2. The fourth-order valence-corrected chi connectivity index (χ4v) is 4.01. The molecule has 0 saturated heterocycles. The van der Waals surface area contributed by atoms with E-state index in [-0.39, 0.29) is 0 Å². The molecule has 114 valence electrons. The van der Waals surface area contributed by atoms with Crippen molar-refractivity contribution in [3.05, 3.63) is 74.7 Å². The number of aryl methyl sites for hydroxylation is 2. The van der Waals surface area contributed by atoms with E-state index in [1.54, 1.807) is 0 Å². The van der Waals surface area contributed by atoms with Crippen LogP contribution in [0.2, 0.25) is 0 Å². The first kappa shape index (κ1) is 15.0. The second kappa shape index (κ2) is 5.50. The van der Waals surface area contributed by atoms with Crippen LogP contribution in [0, 0.1) is 13.8 Å². The predicted molar refractivity (Wildman–Crippen MR) is 106 cm³/mol. The zero-order valence-electron chi connectivity index (χ0n) is 12.9. The number of nitrogens with zero attached hydrogens (tertiary/aromatic N) is 1. The predicted octanol–water partition coefficient (Wildman–Crippen LogP) is 6.93. The van der Waals surface area contributed by atoms with Gasteiger partial charge in [-0.3, -0.25) is 0 Å². The minimum atomic E-state index is 1.10. The summed E-state index contributed by atoms with van der Waals surface area (Å²) >= 11 is 7.21. The lowest BCUT2D eigenvalue weighted by Gasteiger charge is -2.12. The highest BCUT2D eigenvalue weighted by Crippen LogP contribution is 2.35. The Morgan fingerprint density at radius 2 is 1.26 bits per heavy atom. The summed E-state index contributed by atoms with van der Waals surface area (Å²) in [5.41, 5.74) is 6.27. The Morgan fingerprint density at radius 3 is 1.78 bits per heavy atom. The van der Waals surface area contributed by atoms with Gasteiger partial charge in [-0.2, -0.15) is 0 Å². The van der Waals surface area contributed by atoms with Crippen LogP contribution >= 0.6 is 31.9 Å². The maximum Gasteiger partial charge on any atom is 0.0541 e. The Bertz CT molecular complexity index is 1000. The van der Waals surface area contributed by atoms with Gasteiger partial charge >= 0.3 is 0 Å². The highest BCUT2D eigenvalue weighted by molar-refractivity contribution is 9.10. The van der Waals surface area contributed by atoms with Crippen LogP contribution in [0.25, 0.3) is 27.5 Å². The van der Waals surface area contributed by atoms with Crippen molar-refractivity contribution in [2.45, 2.75) is 13.8 Å². The van der Waals surface area contributed by atoms with Crippen LogP contribution in [0.4, 0.5) is 0 Å². The van der Waals surface area contributed by atoms with E-state index < -0.39 is 0 Å². The highest BCUT2D eigenvalue weighted by atomic mass is 79.9. The summed E-state index contributed by atoms with van der Waals surface area (Å²) in [6.45, 7) is 4.31. The summed E-state index contributed by atoms with van der Waals surface area (Å²) in [5.74, 6) is 0. The zero-order valence-corrected chi connectivity index (χ0v) is 16.1. The van der Waals surface area contributed by atoms with Crippen molar-refractivity contribution in [1.82, 2.24) is 4.57 Å². The third kappa shape index (κ3) is 2.43. The first-order chi connectivity index (χ1) is 11.0. The smallest absolute Gasteiger partial charge is 0.0541 e. The molecule has 0 aliphatic carbocycles. The van der Waals surface area contributed by atoms with E-state index in [9.17, 15) is 0 Å².